The Morgan fingerprint density at radius 1 is 1.04 bits per heavy atom. The van der Waals surface area contributed by atoms with Crippen molar-refractivity contribution >= 4 is 48.2 Å². The second kappa shape index (κ2) is 14.9. The van der Waals surface area contributed by atoms with Gasteiger partial charge in [-0.15, -0.1) is 36.6 Å². The average molecular weight is 416 g/mol. The van der Waals surface area contributed by atoms with E-state index in [9.17, 15) is 4.79 Å². The fraction of sp³-hybridized carbons (Fsp3) is 0.368. The third-order valence-electron chi connectivity index (χ3n) is 3.62. The number of carbonyl (C=O) groups excluding carboxylic acids is 1. The Balaban J connectivity index is 0.00000312. The molecule has 0 aliphatic heterocycles. The van der Waals surface area contributed by atoms with Gasteiger partial charge >= 0.3 is 0 Å². The molecule has 0 spiro atoms. The van der Waals surface area contributed by atoms with Gasteiger partial charge in [0.1, 0.15) is 0 Å². The molecule has 0 fully saturated rings. The zero-order valence-electron chi connectivity index (χ0n) is 14.7. The molecule has 3 N–H and O–H groups in total. The van der Waals surface area contributed by atoms with Gasteiger partial charge in [0.15, 0.2) is 0 Å². The molecule has 0 aliphatic rings. The highest BCUT2D eigenvalue weighted by molar-refractivity contribution is 7.98. The fourth-order valence-corrected chi connectivity index (χ4v) is 3.12. The molecule has 0 bridgehead atoms. The molecule has 4 nitrogen and oxygen atoms in total. The van der Waals surface area contributed by atoms with Crippen LogP contribution in [0.5, 0.6) is 0 Å². The van der Waals surface area contributed by atoms with E-state index in [2.05, 4.69) is 16.4 Å². The number of amides is 1. The normalized spacial score (nSPS) is 9.73. The molecule has 0 aliphatic carbocycles. The van der Waals surface area contributed by atoms with Crippen molar-refractivity contribution in [3.05, 3.63) is 54.4 Å². The van der Waals surface area contributed by atoms with Crippen molar-refractivity contribution < 1.29 is 4.79 Å². The summed E-state index contributed by atoms with van der Waals surface area (Å²) in [4.78, 5) is 17.2. The van der Waals surface area contributed by atoms with Crippen LogP contribution in [-0.4, -0.2) is 17.4 Å². The van der Waals surface area contributed by atoms with E-state index in [0.29, 0.717) is 6.42 Å². The lowest BCUT2D eigenvalue weighted by molar-refractivity contribution is -0.116. The van der Waals surface area contributed by atoms with Gasteiger partial charge in [-0.05, 0) is 55.3 Å². The van der Waals surface area contributed by atoms with Gasteiger partial charge in [0, 0.05) is 35.2 Å². The Hall–Kier alpha value is -1.27. The average Bonchev–Trinajstić information content (AvgIpc) is 2.62. The van der Waals surface area contributed by atoms with Gasteiger partial charge in [-0.1, -0.05) is 18.9 Å². The number of nitrogens with zero attached hydrogens (tertiary/aromatic N) is 1. The highest BCUT2D eigenvalue weighted by atomic mass is 35.5. The number of unbranched alkanes of at least 4 members (excludes halogenated alkanes) is 3. The number of rotatable bonds is 10. The van der Waals surface area contributed by atoms with E-state index in [1.54, 1.807) is 18.0 Å². The third kappa shape index (κ3) is 10.0. The molecule has 0 unspecified atom stereocenters. The molecule has 144 valence electrons. The maximum absolute atomic E-state index is 11.9. The molecule has 0 radical (unpaired) electrons. The Bertz CT molecular complexity index is 612. The van der Waals surface area contributed by atoms with E-state index >= 15 is 0 Å². The smallest absolute Gasteiger partial charge is 0.224 e. The minimum Gasteiger partial charge on any atom is -0.330 e. The van der Waals surface area contributed by atoms with E-state index in [1.165, 1.54) is 10.5 Å². The number of hydrogen-bond donors (Lipinski definition) is 2. The van der Waals surface area contributed by atoms with Gasteiger partial charge < -0.3 is 11.1 Å². The van der Waals surface area contributed by atoms with Crippen molar-refractivity contribution in [2.75, 3.05) is 11.9 Å². The summed E-state index contributed by atoms with van der Waals surface area (Å²) >= 11 is 1.76. The number of halogens is 2. The lowest BCUT2D eigenvalue weighted by Gasteiger charge is -2.07. The zero-order valence-corrected chi connectivity index (χ0v) is 17.2. The van der Waals surface area contributed by atoms with Crippen molar-refractivity contribution in [2.24, 2.45) is 5.73 Å². The Morgan fingerprint density at radius 3 is 2.42 bits per heavy atom. The SMILES string of the molecule is Cl.Cl.NCCCCCCC(=O)Nc1ccc(SCc2cccnc2)cc1. The van der Waals surface area contributed by atoms with Crippen molar-refractivity contribution in [3.63, 3.8) is 0 Å². The molecule has 7 heteroatoms. The summed E-state index contributed by atoms with van der Waals surface area (Å²) in [5.74, 6) is 0.973. The number of anilines is 1. The van der Waals surface area contributed by atoms with Crippen LogP contribution in [0.4, 0.5) is 5.69 Å². The van der Waals surface area contributed by atoms with Crippen LogP contribution in [0.3, 0.4) is 0 Å². The van der Waals surface area contributed by atoms with Gasteiger partial charge in [0.25, 0.3) is 0 Å². The highest BCUT2D eigenvalue weighted by Gasteiger charge is 2.03. The van der Waals surface area contributed by atoms with Crippen molar-refractivity contribution in [1.29, 1.82) is 0 Å². The van der Waals surface area contributed by atoms with E-state index < -0.39 is 0 Å². The topological polar surface area (TPSA) is 68.0 Å². The molecule has 2 rings (SSSR count). The highest BCUT2D eigenvalue weighted by Crippen LogP contribution is 2.24. The summed E-state index contributed by atoms with van der Waals surface area (Å²) in [6, 6.07) is 12.0. The van der Waals surface area contributed by atoms with Crippen LogP contribution in [0.25, 0.3) is 0 Å². The summed E-state index contributed by atoms with van der Waals surface area (Å²) < 4.78 is 0. The molecule has 1 aromatic heterocycles. The van der Waals surface area contributed by atoms with Gasteiger partial charge in [0.2, 0.25) is 5.91 Å². The summed E-state index contributed by atoms with van der Waals surface area (Å²) in [6.45, 7) is 0.733. The van der Waals surface area contributed by atoms with E-state index in [4.69, 9.17) is 5.73 Å². The number of benzene rings is 1. The molecular formula is C19H27Cl2N3OS. The summed E-state index contributed by atoms with van der Waals surface area (Å²) in [7, 11) is 0. The van der Waals surface area contributed by atoms with Gasteiger partial charge in [0.05, 0.1) is 0 Å². The quantitative estimate of drug-likeness (QED) is 0.419. The van der Waals surface area contributed by atoms with Gasteiger partial charge in [-0.3, -0.25) is 9.78 Å². The number of thioether (sulfide) groups is 1. The number of hydrogen-bond acceptors (Lipinski definition) is 4. The molecular weight excluding hydrogens is 389 g/mol. The first kappa shape index (κ1) is 24.7. The molecule has 0 saturated carbocycles. The van der Waals surface area contributed by atoms with Crippen LogP contribution in [0.2, 0.25) is 0 Å². The maximum Gasteiger partial charge on any atom is 0.224 e. The van der Waals surface area contributed by atoms with Crippen LogP contribution in [-0.2, 0) is 10.5 Å². The molecule has 1 aromatic carbocycles. The van der Waals surface area contributed by atoms with Crippen LogP contribution in [0.15, 0.2) is 53.7 Å². The standard InChI is InChI=1S/C19H25N3OS.2ClH/c20-12-4-2-1-3-7-19(23)22-17-8-10-18(11-9-17)24-15-16-6-5-13-21-14-16;;/h5-6,8-11,13-14H,1-4,7,12,15,20H2,(H,22,23);2*1H. The third-order valence-corrected chi connectivity index (χ3v) is 4.71. The monoisotopic (exact) mass is 415 g/mol. The minimum absolute atomic E-state index is 0. The van der Waals surface area contributed by atoms with Crippen LogP contribution in [0, 0.1) is 0 Å². The van der Waals surface area contributed by atoms with Crippen molar-refractivity contribution in [3.8, 4) is 0 Å². The Labute approximate surface area is 172 Å². The number of carbonyl (C=O) groups is 1. The lowest BCUT2D eigenvalue weighted by atomic mass is 10.1. The number of nitrogens with one attached hydrogen (secondary N) is 1. The van der Waals surface area contributed by atoms with Gasteiger partial charge in [-0.2, -0.15) is 0 Å². The van der Waals surface area contributed by atoms with Gasteiger partial charge in [-0.25, -0.2) is 0 Å². The summed E-state index contributed by atoms with van der Waals surface area (Å²) in [5, 5.41) is 2.95. The number of pyridine rings is 1. The molecule has 1 heterocycles. The molecule has 0 atom stereocenters. The minimum atomic E-state index is 0. The first-order valence-electron chi connectivity index (χ1n) is 8.39. The fourth-order valence-electron chi connectivity index (χ4n) is 2.29. The Kier molecular flexibility index (Phi) is 14.1. The van der Waals surface area contributed by atoms with E-state index in [1.807, 2.05) is 36.5 Å². The number of aromatic nitrogens is 1. The zero-order chi connectivity index (χ0) is 17.0. The summed E-state index contributed by atoms with van der Waals surface area (Å²) in [5.41, 5.74) is 7.51. The second-order valence-corrected chi connectivity index (χ2v) is 6.72. The molecule has 0 saturated heterocycles. The first-order valence-corrected chi connectivity index (χ1v) is 9.38. The maximum atomic E-state index is 11.9. The first-order chi connectivity index (χ1) is 11.8. The lowest BCUT2D eigenvalue weighted by Crippen LogP contribution is -2.11. The second-order valence-electron chi connectivity index (χ2n) is 5.68. The Morgan fingerprint density at radius 2 is 1.77 bits per heavy atom. The number of nitrogens with two attached hydrogens (primary N) is 1. The molecule has 1 amide bonds. The summed E-state index contributed by atoms with van der Waals surface area (Å²) in [6.07, 6.45) is 8.37. The van der Waals surface area contributed by atoms with Crippen LogP contribution in [0.1, 0.15) is 37.7 Å². The molecule has 2 aromatic rings. The van der Waals surface area contributed by atoms with E-state index in [0.717, 1.165) is 43.7 Å². The molecule has 26 heavy (non-hydrogen) atoms. The van der Waals surface area contributed by atoms with Crippen LogP contribution >= 0.6 is 36.6 Å². The predicted molar refractivity (Wildman–Crippen MR) is 116 cm³/mol. The van der Waals surface area contributed by atoms with Crippen molar-refractivity contribution in [2.45, 2.75) is 42.8 Å². The predicted octanol–water partition coefficient (Wildman–Crippen LogP) is 5.07. The van der Waals surface area contributed by atoms with E-state index in [-0.39, 0.29) is 30.7 Å². The van der Waals surface area contributed by atoms with Crippen molar-refractivity contribution in [1.82, 2.24) is 4.98 Å². The van der Waals surface area contributed by atoms with Crippen LogP contribution < -0.4 is 11.1 Å². The largest absolute Gasteiger partial charge is 0.330 e.